The summed E-state index contributed by atoms with van der Waals surface area (Å²) in [7, 11) is -2.48. The highest BCUT2D eigenvalue weighted by atomic mass is 35.5. The SMILES string of the molecule is CCOC(=O)C1CN(S(=O)(=O)c2ccc3c(Cl)c[nH]c3c2)CC(=O)N1CC1CCN(c2ccc(=O)n(C)n2)CC1. The van der Waals surface area contributed by atoms with Gasteiger partial charge >= 0.3 is 5.97 Å². The molecule has 0 bridgehead atoms. The molecule has 2 aliphatic heterocycles. The number of esters is 1. The molecule has 2 fully saturated rings. The van der Waals surface area contributed by atoms with E-state index in [0.717, 1.165) is 17.1 Å². The van der Waals surface area contributed by atoms with Gasteiger partial charge in [0.05, 0.1) is 23.1 Å². The number of sulfonamides is 1. The topological polar surface area (TPSA) is 138 Å². The average molecular weight is 591 g/mol. The maximum Gasteiger partial charge on any atom is 0.330 e. The standard InChI is InChI=1S/C26H31ClN6O6S/c1-3-39-26(36)22-15-32(40(37,38)18-4-5-19-20(27)13-28-21(19)12-18)16-25(35)33(22)14-17-8-10-31(11-9-17)23-6-7-24(34)30(2)29-23/h4-7,12-13,17,22,28H,3,8-11,14-16H2,1-2H3. The van der Waals surface area contributed by atoms with Crippen LogP contribution in [0, 0.1) is 5.92 Å². The molecule has 12 nitrogen and oxygen atoms in total. The molecule has 1 amide bonds. The number of ether oxygens (including phenoxy) is 1. The molecule has 2 aliphatic rings. The van der Waals surface area contributed by atoms with E-state index in [9.17, 15) is 22.8 Å². The van der Waals surface area contributed by atoms with Crippen molar-refractivity contribution in [1.82, 2.24) is 24.0 Å². The molecule has 0 aliphatic carbocycles. The second-order valence-corrected chi connectivity index (χ2v) is 12.4. The molecule has 3 aromatic rings. The molecule has 40 heavy (non-hydrogen) atoms. The molecule has 2 aromatic heterocycles. The lowest BCUT2D eigenvalue weighted by molar-refractivity contribution is -0.158. The van der Waals surface area contributed by atoms with E-state index in [-0.39, 0.29) is 36.1 Å². The lowest BCUT2D eigenvalue weighted by Crippen LogP contribution is -2.61. The average Bonchev–Trinajstić information content (AvgIpc) is 3.31. The molecule has 1 atom stereocenters. The molecular weight excluding hydrogens is 560 g/mol. The Morgan fingerprint density at radius 2 is 1.93 bits per heavy atom. The fourth-order valence-electron chi connectivity index (χ4n) is 5.28. The minimum absolute atomic E-state index is 0.00164. The summed E-state index contributed by atoms with van der Waals surface area (Å²) in [5.74, 6) is -0.263. The van der Waals surface area contributed by atoms with Crippen LogP contribution in [-0.4, -0.2) is 89.6 Å². The van der Waals surface area contributed by atoms with Gasteiger partial charge in [-0.3, -0.25) is 9.59 Å². The number of amides is 1. The van der Waals surface area contributed by atoms with Gasteiger partial charge in [0.25, 0.3) is 5.56 Å². The Balaban J connectivity index is 1.31. The summed E-state index contributed by atoms with van der Waals surface area (Å²) in [5, 5.41) is 5.47. The third-order valence-corrected chi connectivity index (χ3v) is 9.64. The van der Waals surface area contributed by atoms with Crippen LogP contribution in [0.4, 0.5) is 5.82 Å². The van der Waals surface area contributed by atoms with Crippen molar-refractivity contribution in [3.63, 3.8) is 0 Å². The van der Waals surface area contributed by atoms with Gasteiger partial charge in [-0.2, -0.15) is 9.40 Å². The quantitative estimate of drug-likeness (QED) is 0.410. The van der Waals surface area contributed by atoms with Crippen LogP contribution in [0.5, 0.6) is 0 Å². The summed E-state index contributed by atoms with van der Waals surface area (Å²) in [6.45, 7) is 2.87. The third kappa shape index (κ3) is 5.45. The van der Waals surface area contributed by atoms with Crippen LogP contribution in [0.3, 0.4) is 0 Å². The van der Waals surface area contributed by atoms with E-state index in [2.05, 4.69) is 15.0 Å². The largest absolute Gasteiger partial charge is 0.464 e. The summed E-state index contributed by atoms with van der Waals surface area (Å²) >= 11 is 6.13. The Kier molecular flexibility index (Phi) is 7.89. The van der Waals surface area contributed by atoms with Crippen molar-refractivity contribution in [3.8, 4) is 0 Å². The van der Waals surface area contributed by atoms with Crippen LogP contribution in [0.1, 0.15) is 19.8 Å². The zero-order valence-corrected chi connectivity index (χ0v) is 23.8. The number of nitrogens with zero attached hydrogens (tertiary/aromatic N) is 5. The molecule has 0 radical (unpaired) electrons. The van der Waals surface area contributed by atoms with E-state index >= 15 is 0 Å². The Morgan fingerprint density at radius 3 is 2.62 bits per heavy atom. The van der Waals surface area contributed by atoms with Crippen LogP contribution >= 0.6 is 11.6 Å². The number of rotatable bonds is 7. The third-order valence-electron chi connectivity index (χ3n) is 7.52. The summed E-state index contributed by atoms with van der Waals surface area (Å²) in [6, 6.07) is 6.66. The van der Waals surface area contributed by atoms with E-state index in [1.165, 1.54) is 27.8 Å². The number of hydrogen-bond acceptors (Lipinski definition) is 8. The van der Waals surface area contributed by atoms with E-state index in [4.69, 9.17) is 16.3 Å². The van der Waals surface area contributed by atoms with Crippen LogP contribution in [0.2, 0.25) is 5.02 Å². The number of aromatic amines is 1. The molecule has 1 unspecified atom stereocenters. The normalized spacial score (nSPS) is 19.4. The van der Waals surface area contributed by atoms with Gasteiger partial charge in [0, 0.05) is 56.4 Å². The number of carbonyl (C=O) groups is 2. The minimum atomic E-state index is -4.08. The predicted octanol–water partition coefficient (Wildman–Crippen LogP) is 1.60. The molecule has 1 N–H and O–H groups in total. The lowest BCUT2D eigenvalue weighted by Gasteiger charge is -2.42. The number of anilines is 1. The number of fused-ring (bicyclic) bond motifs is 1. The summed E-state index contributed by atoms with van der Waals surface area (Å²) in [5.41, 5.74) is 0.370. The lowest BCUT2D eigenvalue weighted by atomic mass is 9.95. The number of aromatic nitrogens is 3. The minimum Gasteiger partial charge on any atom is -0.464 e. The van der Waals surface area contributed by atoms with Crippen molar-refractivity contribution in [1.29, 1.82) is 0 Å². The molecule has 4 heterocycles. The number of piperidine rings is 1. The smallest absolute Gasteiger partial charge is 0.330 e. The zero-order valence-electron chi connectivity index (χ0n) is 22.2. The number of halogens is 1. The van der Waals surface area contributed by atoms with Gasteiger partial charge in [0.15, 0.2) is 0 Å². The van der Waals surface area contributed by atoms with Crippen LogP contribution in [0.25, 0.3) is 10.9 Å². The number of aryl methyl sites for hydroxylation is 1. The fourth-order valence-corrected chi connectivity index (χ4v) is 6.93. The molecule has 0 saturated carbocycles. The highest BCUT2D eigenvalue weighted by Gasteiger charge is 2.43. The monoisotopic (exact) mass is 590 g/mol. The van der Waals surface area contributed by atoms with Gasteiger partial charge in [-0.1, -0.05) is 11.6 Å². The van der Waals surface area contributed by atoms with E-state index in [0.29, 0.717) is 41.4 Å². The van der Waals surface area contributed by atoms with Crippen molar-refractivity contribution >= 4 is 50.2 Å². The first-order chi connectivity index (χ1) is 19.1. The van der Waals surface area contributed by atoms with Crippen molar-refractivity contribution in [2.75, 3.05) is 44.2 Å². The summed E-state index contributed by atoms with van der Waals surface area (Å²) in [4.78, 5) is 44.5. The first-order valence-electron chi connectivity index (χ1n) is 13.1. The van der Waals surface area contributed by atoms with Gasteiger partial charge in [-0.15, -0.1) is 0 Å². The van der Waals surface area contributed by atoms with E-state index < -0.39 is 27.9 Å². The van der Waals surface area contributed by atoms with Gasteiger partial charge in [0.2, 0.25) is 15.9 Å². The molecule has 2 saturated heterocycles. The molecule has 1 aromatic carbocycles. The van der Waals surface area contributed by atoms with Crippen LogP contribution < -0.4 is 10.5 Å². The maximum atomic E-state index is 13.5. The van der Waals surface area contributed by atoms with Crippen molar-refractivity contribution in [3.05, 3.63) is 51.9 Å². The van der Waals surface area contributed by atoms with Gasteiger partial charge in [-0.05, 0) is 49.9 Å². The Hall–Kier alpha value is -3.42. The Bertz CT molecular complexity index is 1600. The van der Waals surface area contributed by atoms with Gasteiger partial charge in [-0.25, -0.2) is 17.9 Å². The first-order valence-corrected chi connectivity index (χ1v) is 14.9. The van der Waals surface area contributed by atoms with Crippen molar-refractivity contribution < 1.29 is 22.7 Å². The Morgan fingerprint density at radius 1 is 1.18 bits per heavy atom. The highest BCUT2D eigenvalue weighted by molar-refractivity contribution is 7.89. The number of hydrogen-bond donors (Lipinski definition) is 1. The maximum absolute atomic E-state index is 13.5. The summed E-state index contributed by atoms with van der Waals surface area (Å²) in [6.07, 6.45) is 3.06. The van der Waals surface area contributed by atoms with Crippen LogP contribution in [-0.2, 0) is 31.4 Å². The first kappa shape index (κ1) is 28.1. The number of piperazine rings is 1. The molecular formula is C26H31ClN6O6S. The second-order valence-electron chi connectivity index (χ2n) is 10.0. The van der Waals surface area contributed by atoms with Gasteiger partial charge in [0.1, 0.15) is 11.9 Å². The van der Waals surface area contributed by atoms with Crippen molar-refractivity contribution in [2.24, 2.45) is 13.0 Å². The van der Waals surface area contributed by atoms with E-state index in [1.54, 1.807) is 32.3 Å². The number of carbonyl (C=O) groups excluding carboxylic acids is 2. The zero-order chi connectivity index (χ0) is 28.6. The molecule has 214 valence electrons. The molecule has 5 rings (SSSR count). The molecule has 14 heteroatoms. The molecule has 0 spiro atoms. The summed E-state index contributed by atoms with van der Waals surface area (Å²) < 4.78 is 34.7. The number of nitrogens with one attached hydrogen (secondary N) is 1. The fraction of sp³-hybridized carbons (Fsp3) is 0.462. The number of H-pyrrole nitrogens is 1. The second kappa shape index (κ2) is 11.2. The van der Waals surface area contributed by atoms with Crippen LogP contribution in [0.15, 0.2) is 46.2 Å². The highest BCUT2D eigenvalue weighted by Crippen LogP contribution is 2.29. The van der Waals surface area contributed by atoms with Crippen molar-refractivity contribution in [2.45, 2.75) is 30.7 Å². The predicted molar refractivity (Wildman–Crippen MR) is 149 cm³/mol. The van der Waals surface area contributed by atoms with E-state index in [1.807, 2.05) is 0 Å². The van der Waals surface area contributed by atoms with Gasteiger partial charge < -0.3 is 19.5 Å². The Labute approximate surface area is 236 Å². The number of benzene rings is 1.